The zero-order chi connectivity index (χ0) is 12.8. The van der Waals surface area contributed by atoms with Crippen molar-refractivity contribution >= 4 is 11.6 Å². The lowest BCUT2D eigenvalue weighted by atomic mass is 10.1. The summed E-state index contributed by atoms with van der Waals surface area (Å²) in [7, 11) is 0. The SMILES string of the molecule is CCCC1=CC=C(Oc2cccc(Cl)c2)CC=C1. The van der Waals surface area contributed by atoms with Crippen LogP contribution >= 0.6 is 11.6 Å². The molecule has 0 radical (unpaired) electrons. The van der Waals surface area contributed by atoms with E-state index in [1.807, 2.05) is 30.3 Å². The smallest absolute Gasteiger partial charge is 0.128 e. The quantitative estimate of drug-likeness (QED) is 0.715. The Morgan fingerprint density at radius 1 is 1.28 bits per heavy atom. The molecule has 1 aromatic carbocycles. The first-order valence-electron chi connectivity index (χ1n) is 6.27. The summed E-state index contributed by atoms with van der Waals surface area (Å²) >= 11 is 5.93. The minimum Gasteiger partial charge on any atom is -0.461 e. The maximum Gasteiger partial charge on any atom is 0.128 e. The lowest BCUT2D eigenvalue weighted by Gasteiger charge is -2.07. The average Bonchev–Trinajstić information content (AvgIpc) is 2.56. The van der Waals surface area contributed by atoms with Crippen molar-refractivity contribution in [2.75, 3.05) is 0 Å². The monoisotopic (exact) mass is 260 g/mol. The third-order valence-corrected chi connectivity index (χ3v) is 2.95. The first-order valence-corrected chi connectivity index (χ1v) is 6.65. The van der Waals surface area contributed by atoms with E-state index in [1.165, 1.54) is 5.57 Å². The average molecular weight is 261 g/mol. The zero-order valence-corrected chi connectivity index (χ0v) is 11.3. The van der Waals surface area contributed by atoms with Gasteiger partial charge in [0.15, 0.2) is 0 Å². The highest BCUT2D eigenvalue weighted by Crippen LogP contribution is 2.22. The van der Waals surface area contributed by atoms with Gasteiger partial charge in [-0.3, -0.25) is 0 Å². The van der Waals surface area contributed by atoms with E-state index in [-0.39, 0.29) is 0 Å². The van der Waals surface area contributed by atoms with Crippen LogP contribution < -0.4 is 4.74 Å². The van der Waals surface area contributed by atoms with Crippen molar-refractivity contribution in [3.63, 3.8) is 0 Å². The van der Waals surface area contributed by atoms with Gasteiger partial charge in [0.1, 0.15) is 11.5 Å². The van der Waals surface area contributed by atoms with Gasteiger partial charge >= 0.3 is 0 Å². The molecule has 0 heterocycles. The predicted molar refractivity (Wildman–Crippen MR) is 76.9 cm³/mol. The second-order valence-corrected chi connectivity index (χ2v) is 4.73. The summed E-state index contributed by atoms with van der Waals surface area (Å²) in [6.45, 7) is 2.19. The summed E-state index contributed by atoms with van der Waals surface area (Å²) < 4.78 is 5.82. The second kappa shape index (κ2) is 6.46. The molecular formula is C16H17ClO. The van der Waals surface area contributed by atoms with E-state index in [4.69, 9.17) is 16.3 Å². The van der Waals surface area contributed by atoms with Crippen LogP contribution in [0.5, 0.6) is 5.75 Å². The molecule has 1 aliphatic carbocycles. The molecule has 0 unspecified atom stereocenters. The van der Waals surface area contributed by atoms with Crippen molar-refractivity contribution in [1.29, 1.82) is 0 Å². The molecule has 0 N–H and O–H groups in total. The van der Waals surface area contributed by atoms with Gasteiger partial charge in [-0.15, -0.1) is 0 Å². The van der Waals surface area contributed by atoms with Gasteiger partial charge in [-0.25, -0.2) is 0 Å². The van der Waals surface area contributed by atoms with Crippen molar-refractivity contribution in [2.24, 2.45) is 0 Å². The van der Waals surface area contributed by atoms with Crippen LogP contribution in [0.3, 0.4) is 0 Å². The standard InChI is InChI=1S/C16H17ClO/c1-2-5-13-6-3-8-15(11-10-13)18-16-9-4-7-14(17)12-16/h3-4,6-7,9-12H,2,5,8H2,1H3. The Labute approximate surface area is 113 Å². The number of ether oxygens (including phenoxy) is 1. The van der Waals surface area contributed by atoms with Crippen molar-refractivity contribution in [3.8, 4) is 5.75 Å². The molecule has 1 nitrogen and oxygen atoms in total. The molecule has 1 aromatic rings. The van der Waals surface area contributed by atoms with E-state index in [9.17, 15) is 0 Å². The number of hydrogen-bond donors (Lipinski definition) is 0. The normalized spacial score (nSPS) is 14.8. The molecule has 0 saturated heterocycles. The van der Waals surface area contributed by atoms with Crippen molar-refractivity contribution < 1.29 is 4.74 Å². The lowest BCUT2D eigenvalue weighted by Crippen LogP contribution is -1.93. The van der Waals surface area contributed by atoms with E-state index in [2.05, 4.69) is 25.2 Å². The van der Waals surface area contributed by atoms with Crippen LogP contribution in [0.25, 0.3) is 0 Å². The Kier molecular flexibility index (Phi) is 4.66. The molecule has 2 rings (SSSR count). The van der Waals surface area contributed by atoms with E-state index in [0.717, 1.165) is 30.8 Å². The van der Waals surface area contributed by atoms with E-state index in [0.29, 0.717) is 5.02 Å². The van der Waals surface area contributed by atoms with Gasteiger partial charge in [0.25, 0.3) is 0 Å². The van der Waals surface area contributed by atoms with Crippen LogP contribution in [-0.2, 0) is 0 Å². The van der Waals surface area contributed by atoms with Gasteiger partial charge in [-0.2, -0.15) is 0 Å². The molecule has 94 valence electrons. The van der Waals surface area contributed by atoms with Gasteiger partial charge in [0.05, 0.1) is 0 Å². The Balaban J connectivity index is 2.08. The van der Waals surface area contributed by atoms with Gasteiger partial charge in [0.2, 0.25) is 0 Å². The highest BCUT2D eigenvalue weighted by molar-refractivity contribution is 6.30. The molecule has 0 aliphatic heterocycles. The van der Waals surface area contributed by atoms with E-state index >= 15 is 0 Å². The van der Waals surface area contributed by atoms with Crippen LogP contribution in [0.2, 0.25) is 5.02 Å². The fourth-order valence-electron chi connectivity index (χ4n) is 1.86. The summed E-state index contributed by atoms with van der Waals surface area (Å²) in [6, 6.07) is 7.48. The molecule has 18 heavy (non-hydrogen) atoms. The number of halogens is 1. The maximum atomic E-state index is 5.93. The van der Waals surface area contributed by atoms with Crippen LogP contribution in [0.1, 0.15) is 26.2 Å². The molecule has 0 fully saturated rings. The summed E-state index contributed by atoms with van der Waals surface area (Å²) in [5.41, 5.74) is 1.35. The maximum absolute atomic E-state index is 5.93. The number of allylic oxidation sites excluding steroid dienone is 5. The van der Waals surface area contributed by atoms with Gasteiger partial charge in [-0.05, 0) is 36.3 Å². The molecule has 0 atom stereocenters. The van der Waals surface area contributed by atoms with Crippen LogP contribution in [0, 0.1) is 0 Å². The lowest BCUT2D eigenvalue weighted by molar-refractivity contribution is 0.416. The first-order chi connectivity index (χ1) is 8.78. The number of rotatable bonds is 4. The van der Waals surface area contributed by atoms with Crippen molar-refractivity contribution in [3.05, 3.63) is 64.9 Å². The van der Waals surface area contributed by atoms with Crippen LogP contribution in [0.15, 0.2) is 59.9 Å². The summed E-state index contributed by atoms with van der Waals surface area (Å²) in [4.78, 5) is 0. The Bertz CT molecular complexity index is 498. The molecule has 0 saturated carbocycles. The minimum absolute atomic E-state index is 0.694. The van der Waals surface area contributed by atoms with Crippen LogP contribution in [-0.4, -0.2) is 0 Å². The topological polar surface area (TPSA) is 9.23 Å². The Morgan fingerprint density at radius 2 is 2.17 bits per heavy atom. The Morgan fingerprint density at radius 3 is 2.94 bits per heavy atom. The molecular weight excluding hydrogens is 244 g/mol. The summed E-state index contributed by atoms with van der Waals surface area (Å²) in [5, 5.41) is 0.694. The third kappa shape index (κ3) is 3.78. The highest BCUT2D eigenvalue weighted by Gasteiger charge is 2.02. The van der Waals surface area contributed by atoms with E-state index < -0.39 is 0 Å². The fourth-order valence-corrected chi connectivity index (χ4v) is 2.04. The Hall–Kier alpha value is -1.47. The third-order valence-electron chi connectivity index (χ3n) is 2.72. The molecule has 2 heteroatoms. The largest absolute Gasteiger partial charge is 0.461 e. The van der Waals surface area contributed by atoms with Crippen LogP contribution in [0.4, 0.5) is 0 Å². The zero-order valence-electron chi connectivity index (χ0n) is 10.5. The predicted octanol–water partition coefficient (Wildman–Crippen LogP) is 5.29. The first kappa shape index (κ1) is 13.0. The number of hydrogen-bond acceptors (Lipinski definition) is 1. The van der Waals surface area contributed by atoms with Crippen molar-refractivity contribution in [2.45, 2.75) is 26.2 Å². The van der Waals surface area contributed by atoms with Crippen molar-refractivity contribution in [1.82, 2.24) is 0 Å². The summed E-state index contributed by atoms with van der Waals surface area (Å²) in [6.07, 6.45) is 11.6. The molecule has 0 amide bonds. The fraction of sp³-hybridized carbons (Fsp3) is 0.250. The van der Waals surface area contributed by atoms with Gasteiger partial charge < -0.3 is 4.74 Å². The second-order valence-electron chi connectivity index (χ2n) is 4.29. The van der Waals surface area contributed by atoms with Gasteiger partial charge in [-0.1, -0.05) is 49.2 Å². The van der Waals surface area contributed by atoms with E-state index in [1.54, 1.807) is 0 Å². The summed E-state index contributed by atoms with van der Waals surface area (Å²) in [5.74, 6) is 1.73. The molecule has 0 bridgehead atoms. The molecule has 0 spiro atoms. The van der Waals surface area contributed by atoms with Gasteiger partial charge in [0, 0.05) is 11.4 Å². The minimum atomic E-state index is 0.694. The highest BCUT2D eigenvalue weighted by atomic mass is 35.5. The molecule has 0 aromatic heterocycles. The molecule has 1 aliphatic rings. The number of benzene rings is 1.